The summed E-state index contributed by atoms with van der Waals surface area (Å²) < 4.78 is 4.43. The second-order valence-corrected chi connectivity index (χ2v) is 1.38. The smallest absolute Gasteiger partial charge is 0.247 e. The summed E-state index contributed by atoms with van der Waals surface area (Å²) in [5, 5.41) is 9.01. The van der Waals surface area contributed by atoms with Gasteiger partial charge in [-0.25, -0.2) is 0 Å². The van der Waals surface area contributed by atoms with E-state index in [1.165, 1.54) is 20.3 Å². The molecule has 0 bridgehead atoms. The first-order chi connectivity index (χ1) is 4.18. The number of amides is 1. The van der Waals surface area contributed by atoms with Crippen LogP contribution in [0.2, 0.25) is 0 Å². The maximum Gasteiger partial charge on any atom is 0.247 e. The minimum absolute atomic E-state index is 0.434. The zero-order valence-corrected chi connectivity index (χ0v) is 5.37. The van der Waals surface area contributed by atoms with Gasteiger partial charge in [0.25, 0.3) is 0 Å². The standard InChI is InChI=1S/C5H9NO3/c1-5(7)6(8)3-4-9-2/h3-4,8H,1-2H3. The van der Waals surface area contributed by atoms with Gasteiger partial charge in [-0.2, -0.15) is 5.06 Å². The van der Waals surface area contributed by atoms with E-state index in [0.29, 0.717) is 5.06 Å². The Morgan fingerprint density at radius 1 is 1.78 bits per heavy atom. The lowest BCUT2D eigenvalue weighted by Crippen LogP contribution is -2.17. The van der Waals surface area contributed by atoms with Gasteiger partial charge in [0.1, 0.15) is 6.26 Å². The van der Waals surface area contributed by atoms with Crippen molar-refractivity contribution in [3.63, 3.8) is 0 Å². The lowest BCUT2D eigenvalue weighted by atomic mass is 10.7. The SMILES string of the molecule is COC=CN(O)C(C)=O. The molecule has 4 heteroatoms. The van der Waals surface area contributed by atoms with Gasteiger partial charge in [0.05, 0.1) is 13.3 Å². The van der Waals surface area contributed by atoms with E-state index in [-0.39, 0.29) is 0 Å². The molecule has 0 heterocycles. The lowest BCUT2D eigenvalue weighted by molar-refractivity contribution is -0.151. The number of hydrogen-bond acceptors (Lipinski definition) is 3. The molecule has 0 atom stereocenters. The van der Waals surface area contributed by atoms with Crippen molar-refractivity contribution in [3.05, 3.63) is 12.5 Å². The maximum atomic E-state index is 10.2. The number of carbonyl (C=O) groups excluding carboxylic acids is 1. The Balaban J connectivity index is 3.62. The topological polar surface area (TPSA) is 49.8 Å². The van der Waals surface area contributed by atoms with Crippen molar-refractivity contribution in [3.8, 4) is 0 Å². The van der Waals surface area contributed by atoms with Gasteiger partial charge >= 0.3 is 0 Å². The van der Waals surface area contributed by atoms with Gasteiger partial charge in [0.2, 0.25) is 5.91 Å². The van der Waals surface area contributed by atoms with Crippen LogP contribution >= 0.6 is 0 Å². The fourth-order valence-electron chi connectivity index (χ4n) is 0.223. The van der Waals surface area contributed by atoms with E-state index in [9.17, 15) is 4.79 Å². The molecule has 0 unspecified atom stereocenters. The van der Waals surface area contributed by atoms with Gasteiger partial charge in [0.15, 0.2) is 0 Å². The molecule has 0 aliphatic heterocycles. The van der Waals surface area contributed by atoms with Crippen LogP contribution in [0.4, 0.5) is 0 Å². The van der Waals surface area contributed by atoms with Crippen LogP contribution in [-0.4, -0.2) is 23.3 Å². The third-order valence-electron chi connectivity index (χ3n) is 0.661. The molecule has 0 fully saturated rings. The molecule has 1 amide bonds. The Kier molecular flexibility index (Phi) is 3.46. The summed E-state index contributed by atoms with van der Waals surface area (Å²) in [7, 11) is 1.42. The largest absolute Gasteiger partial charge is 0.503 e. The highest BCUT2D eigenvalue weighted by atomic mass is 16.5. The summed E-state index contributed by atoms with van der Waals surface area (Å²) in [6, 6.07) is 0. The zero-order chi connectivity index (χ0) is 7.28. The minimum Gasteiger partial charge on any atom is -0.503 e. The van der Waals surface area contributed by atoms with Crippen LogP contribution in [0, 0.1) is 0 Å². The fourth-order valence-corrected chi connectivity index (χ4v) is 0.223. The molecule has 4 nitrogen and oxygen atoms in total. The van der Waals surface area contributed by atoms with E-state index in [1.54, 1.807) is 0 Å². The van der Waals surface area contributed by atoms with Gasteiger partial charge in [-0.15, -0.1) is 0 Å². The van der Waals surface area contributed by atoms with Crippen molar-refractivity contribution in [2.75, 3.05) is 7.11 Å². The molecule has 0 saturated carbocycles. The maximum absolute atomic E-state index is 10.2. The van der Waals surface area contributed by atoms with E-state index in [0.717, 1.165) is 6.20 Å². The van der Waals surface area contributed by atoms with Crippen molar-refractivity contribution in [2.24, 2.45) is 0 Å². The first-order valence-electron chi connectivity index (χ1n) is 2.36. The van der Waals surface area contributed by atoms with E-state index in [4.69, 9.17) is 5.21 Å². The summed E-state index contributed by atoms with van der Waals surface area (Å²) in [6.45, 7) is 1.24. The summed E-state index contributed by atoms with van der Waals surface area (Å²) >= 11 is 0. The number of carbonyl (C=O) groups is 1. The Bertz CT molecular complexity index is 121. The van der Waals surface area contributed by atoms with Crippen LogP contribution in [-0.2, 0) is 9.53 Å². The molecule has 0 aromatic rings. The van der Waals surface area contributed by atoms with Crippen molar-refractivity contribution in [1.29, 1.82) is 0 Å². The van der Waals surface area contributed by atoms with Crippen LogP contribution in [0.25, 0.3) is 0 Å². The normalized spacial score (nSPS) is 9.67. The first kappa shape index (κ1) is 7.97. The Morgan fingerprint density at radius 3 is 2.67 bits per heavy atom. The summed E-state index contributed by atoms with van der Waals surface area (Å²) in [5.41, 5.74) is 0. The van der Waals surface area contributed by atoms with Crippen LogP contribution in [0.3, 0.4) is 0 Å². The van der Waals surface area contributed by atoms with Gasteiger partial charge in [0, 0.05) is 6.92 Å². The molecular formula is C5H9NO3. The monoisotopic (exact) mass is 131 g/mol. The summed E-state index contributed by atoms with van der Waals surface area (Å²) in [4.78, 5) is 10.2. The number of hydrogen-bond donors (Lipinski definition) is 1. The molecule has 0 aliphatic rings. The van der Waals surface area contributed by atoms with Gasteiger partial charge in [-0.3, -0.25) is 10.0 Å². The predicted molar refractivity (Wildman–Crippen MR) is 30.5 cm³/mol. The van der Waals surface area contributed by atoms with Crippen molar-refractivity contribution in [1.82, 2.24) is 5.06 Å². The minimum atomic E-state index is -0.455. The first-order valence-corrected chi connectivity index (χ1v) is 2.36. The highest BCUT2D eigenvalue weighted by Gasteiger charge is 1.96. The van der Waals surface area contributed by atoms with E-state index in [2.05, 4.69) is 4.74 Å². The van der Waals surface area contributed by atoms with E-state index >= 15 is 0 Å². The van der Waals surface area contributed by atoms with Crippen molar-refractivity contribution >= 4 is 5.91 Å². The molecule has 0 radical (unpaired) electrons. The molecule has 0 spiro atoms. The third kappa shape index (κ3) is 3.54. The molecule has 0 aliphatic carbocycles. The number of rotatable bonds is 2. The fraction of sp³-hybridized carbons (Fsp3) is 0.400. The lowest BCUT2D eigenvalue weighted by Gasteiger charge is -2.03. The molecule has 0 saturated heterocycles. The average Bonchev–Trinajstić information content (AvgIpc) is 1.82. The Hall–Kier alpha value is -1.03. The second kappa shape index (κ2) is 3.91. The summed E-state index contributed by atoms with van der Waals surface area (Å²) in [5.74, 6) is -0.455. The average molecular weight is 131 g/mol. The summed E-state index contributed by atoms with van der Waals surface area (Å²) in [6.07, 6.45) is 2.31. The zero-order valence-electron chi connectivity index (χ0n) is 5.37. The van der Waals surface area contributed by atoms with Crippen LogP contribution in [0.5, 0.6) is 0 Å². The molecule has 52 valence electrons. The van der Waals surface area contributed by atoms with Gasteiger partial charge in [-0.1, -0.05) is 0 Å². The molecule has 0 rings (SSSR count). The van der Waals surface area contributed by atoms with Crippen molar-refractivity contribution in [2.45, 2.75) is 6.92 Å². The second-order valence-electron chi connectivity index (χ2n) is 1.38. The Labute approximate surface area is 53.3 Å². The van der Waals surface area contributed by atoms with Crippen LogP contribution < -0.4 is 0 Å². The molecule has 0 aromatic carbocycles. The molecule has 1 N–H and O–H groups in total. The quantitative estimate of drug-likeness (QED) is 0.334. The number of nitrogens with zero attached hydrogens (tertiary/aromatic N) is 1. The van der Waals surface area contributed by atoms with Crippen molar-refractivity contribution < 1.29 is 14.7 Å². The predicted octanol–water partition coefficient (Wildman–Crippen LogP) is 0.342. The van der Waals surface area contributed by atoms with Crippen LogP contribution in [0.15, 0.2) is 12.5 Å². The van der Waals surface area contributed by atoms with Gasteiger partial charge in [-0.05, 0) is 0 Å². The molecule has 9 heavy (non-hydrogen) atoms. The number of ether oxygens (including phenoxy) is 1. The van der Waals surface area contributed by atoms with Gasteiger partial charge < -0.3 is 4.74 Å². The van der Waals surface area contributed by atoms with E-state index < -0.39 is 5.91 Å². The number of methoxy groups -OCH3 is 1. The van der Waals surface area contributed by atoms with Crippen LogP contribution in [0.1, 0.15) is 6.92 Å². The van der Waals surface area contributed by atoms with E-state index in [1.807, 2.05) is 0 Å². The third-order valence-corrected chi connectivity index (χ3v) is 0.661. The highest BCUT2D eigenvalue weighted by Crippen LogP contribution is 1.83. The molecule has 0 aromatic heterocycles. The highest BCUT2D eigenvalue weighted by molar-refractivity contribution is 5.72. The number of hydroxylamine groups is 2. The molecular weight excluding hydrogens is 122 g/mol. The Morgan fingerprint density at radius 2 is 2.33 bits per heavy atom.